The summed E-state index contributed by atoms with van der Waals surface area (Å²) in [6.45, 7) is 6.17. The number of nitrogens with one attached hydrogen (secondary N) is 1. The number of hydrogen-bond donors (Lipinski definition) is 2. The Morgan fingerprint density at radius 1 is 1.37 bits per heavy atom. The zero-order valence-corrected chi connectivity index (χ0v) is 12.1. The fourth-order valence-corrected chi connectivity index (χ4v) is 2.67. The van der Waals surface area contributed by atoms with Crippen LogP contribution in [0.2, 0.25) is 0 Å². The quantitative estimate of drug-likeness (QED) is 0.711. The van der Waals surface area contributed by atoms with Gasteiger partial charge in [0, 0.05) is 6.04 Å². The van der Waals surface area contributed by atoms with Crippen LogP contribution in [0.1, 0.15) is 46.5 Å². The monoisotopic (exact) mass is 270 g/mol. The molecule has 110 valence electrons. The molecule has 1 amide bonds. The molecular formula is C14H26N2O3. The summed E-state index contributed by atoms with van der Waals surface area (Å²) >= 11 is 0. The van der Waals surface area contributed by atoms with E-state index in [0.29, 0.717) is 6.61 Å². The van der Waals surface area contributed by atoms with E-state index >= 15 is 0 Å². The lowest BCUT2D eigenvalue weighted by Gasteiger charge is -2.32. The van der Waals surface area contributed by atoms with Crippen molar-refractivity contribution in [3.63, 3.8) is 0 Å². The van der Waals surface area contributed by atoms with Crippen molar-refractivity contribution in [3.8, 4) is 0 Å². The lowest BCUT2D eigenvalue weighted by atomic mass is 9.85. The maximum atomic E-state index is 11.8. The number of hydrogen-bond acceptors (Lipinski definition) is 4. The lowest BCUT2D eigenvalue weighted by Crippen LogP contribution is -2.51. The van der Waals surface area contributed by atoms with Crippen LogP contribution in [-0.4, -0.2) is 30.6 Å². The van der Waals surface area contributed by atoms with Gasteiger partial charge in [0.2, 0.25) is 5.91 Å². The molecule has 0 aromatic heterocycles. The molecule has 0 bridgehead atoms. The third-order valence-corrected chi connectivity index (χ3v) is 3.68. The predicted octanol–water partition coefficient (Wildman–Crippen LogP) is 1.21. The highest BCUT2D eigenvalue weighted by molar-refractivity contribution is 5.80. The van der Waals surface area contributed by atoms with Gasteiger partial charge in [-0.3, -0.25) is 9.59 Å². The number of ether oxygens (including phenoxy) is 1. The first kappa shape index (κ1) is 16.0. The Labute approximate surface area is 115 Å². The highest BCUT2D eigenvalue weighted by Crippen LogP contribution is 2.26. The molecule has 1 aliphatic rings. The van der Waals surface area contributed by atoms with Gasteiger partial charge in [0.1, 0.15) is 0 Å². The number of amides is 1. The SMILES string of the molecule is CCOC(=O)C1CCCC(NC(C(N)=O)C(C)C)C1. The van der Waals surface area contributed by atoms with E-state index < -0.39 is 0 Å². The summed E-state index contributed by atoms with van der Waals surface area (Å²) in [7, 11) is 0. The molecule has 3 N–H and O–H groups in total. The number of carbonyl (C=O) groups is 2. The first-order chi connectivity index (χ1) is 8.95. The van der Waals surface area contributed by atoms with Crippen LogP contribution < -0.4 is 11.1 Å². The summed E-state index contributed by atoms with van der Waals surface area (Å²) in [5, 5.41) is 3.30. The van der Waals surface area contributed by atoms with Crippen molar-refractivity contribution in [1.29, 1.82) is 0 Å². The summed E-state index contributed by atoms with van der Waals surface area (Å²) in [6, 6.07) is -0.158. The fourth-order valence-electron chi connectivity index (χ4n) is 2.67. The first-order valence-electron chi connectivity index (χ1n) is 7.17. The average molecular weight is 270 g/mol. The number of rotatable bonds is 6. The number of carbonyl (C=O) groups excluding carboxylic acids is 2. The molecule has 1 fully saturated rings. The zero-order valence-electron chi connectivity index (χ0n) is 12.1. The molecule has 19 heavy (non-hydrogen) atoms. The smallest absolute Gasteiger partial charge is 0.308 e. The minimum Gasteiger partial charge on any atom is -0.466 e. The van der Waals surface area contributed by atoms with Gasteiger partial charge >= 0.3 is 5.97 Å². The van der Waals surface area contributed by atoms with Crippen LogP contribution >= 0.6 is 0 Å². The highest BCUT2D eigenvalue weighted by Gasteiger charge is 2.31. The lowest BCUT2D eigenvalue weighted by molar-refractivity contribution is -0.149. The average Bonchev–Trinajstić information content (AvgIpc) is 2.36. The molecule has 3 unspecified atom stereocenters. The Morgan fingerprint density at radius 2 is 2.05 bits per heavy atom. The van der Waals surface area contributed by atoms with Crippen molar-refractivity contribution in [2.45, 2.75) is 58.5 Å². The normalized spacial score (nSPS) is 25.1. The molecule has 5 heteroatoms. The van der Waals surface area contributed by atoms with E-state index in [1.165, 1.54) is 0 Å². The Balaban J connectivity index is 2.54. The predicted molar refractivity (Wildman–Crippen MR) is 73.3 cm³/mol. The van der Waals surface area contributed by atoms with Crippen LogP contribution in [0.3, 0.4) is 0 Å². The molecule has 0 spiro atoms. The van der Waals surface area contributed by atoms with E-state index in [1.807, 2.05) is 20.8 Å². The van der Waals surface area contributed by atoms with Gasteiger partial charge < -0.3 is 15.8 Å². The van der Waals surface area contributed by atoms with Crippen LogP contribution in [0.5, 0.6) is 0 Å². The van der Waals surface area contributed by atoms with E-state index in [0.717, 1.165) is 25.7 Å². The van der Waals surface area contributed by atoms with Crippen LogP contribution in [-0.2, 0) is 14.3 Å². The van der Waals surface area contributed by atoms with Gasteiger partial charge in [-0.2, -0.15) is 0 Å². The number of nitrogens with two attached hydrogens (primary N) is 1. The summed E-state index contributed by atoms with van der Waals surface area (Å²) in [4.78, 5) is 23.2. The van der Waals surface area contributed by atoms with Crippen molar-refractivity contribution >= 4 is 11.9 Å². The third-order valence-electron chi connectivity index (χ3n) is 3.68. The maximum absolute atomic E-state index is 11.8. The van der Waals surface area contributed by atoms with Gasteiger partial charge in [-0.25, -0.2) is 0 Å². The molecule has 1 saturated carbocycles. The van der Waals surface area contributed by atoms with Crippen molar-refractivity contribution in [2.75, 3.05) is 6.61 Å². The van der Waals surface area contributed by atoms with E-state index in [2.05, 4.69) is 5.32 Å². The topological polar surface area (TPSA) is 81.4 Å². The van der Waals surface area contributed by atoms with Crippen molar-refractivity contribution < 1.29 is 14.3 Å². The molecule has 0 aliphatic heterocycles. The van der Waals surface area contributed by atoms with E-state index in [1.54, 1.807) is 0 Å². The van der Waals surface area contributed by atoms with Gasteiger partial charge in [0.05, 0.1) is 18.6 Å². The number of esters is 1. The Morgan fingerprint density at radius 3 is 2.58 bits per heavy atom. The molecule has 0 radical (unpaired) electrons. The molecule has 0 aromatic carbocycles. The van der Waals surface area contributed by atoms with Crippen molar-refractivity contribution in [1.82, 2.24) is 5.32 Å². The van der Waals surface area contributed by atoms with Gasteiger partial charge in [-0.05, 0) is 32.1 Å². The van der Waals surface area contributed by atoms with E-state index in [9.17, 15) is 9.59 Å². The third kappa shape index (κ3) is 4.82. The second kappa shape index (κ2) is 7.48. The molecule has 0 heterocycles. The van der Waals surface area contributed by atoms with Crippen molar-refractivity contribution in [3.05, 3.63) is 0 Å². The second-order valence-electron chi connectivity index (χ2n) is 5.60. The molecule has 3 atom stereocenters. The van der Waals surface area contributed by atoms with Crippen LogP contribution in [0.4, 0.5) is 0 Å². The molecule has 5 nitrogen and oxygen atoms in total. The molecule has 0 aromatic rings. The van der Waals surface area contributed by atoms with Crippen molar-refractivity contribution in [2.24, 2.45) is 17.6 Å². The summed E-state index contributed by atoms with van der Waals surface area (Å²) < 4.78 is 5.07. The van der Waals surface area contributed by atoms with Crippen LogP contribution in [0.25, 0.3) is 0 Å². The highest BCUT2D eigenvalue weighted by atomic mass is 16.5. The first-order valence-corrected chi connectivity index (χ1v) is 7.17. The van der Waals surface area contributed by atoms with Gasteiger partial charge in [0.25, 0.3) is 0 Å². The minimum absolute atomic E-state index is 0.0492. The van der Waals surface area contributed by atoms with Gasteiger partial charge in [-0.15, -0.1) is 0 Å². The van der Waals surface area contributed by atoms with Gasteiger partial charge in [0.15, 0.2) is 0 Å². The largest absolute Gasteiger partial charge is 0.466 e. The minimum atomic E-state index is -0.328. The molecule has 1 aliphatic carbocycles. The second-order valence-corrected chi connectivity index (χ2v) is 5.60. The zero-order chi connectivity index (χ0) is 14.4. The summed E-state index contributed by atoms with van der Waals surface area (Å²) in [6.07, 6.45) is 3.56. The van der Waals surface area contributed by atoms with E-state index in [4.69, 9.17) is 10.5 Å². The standard InChI is InChI=1S/C14H26N2O3/c1-4-19-14(18)10-6-5-7-11(8-10)16-12(9(2)3)13(15)17/h9-12,16H,4-8H2,1-3H3,(H2,15,17). The Hall–Kier alpha value is -1.10. The summed E-state index contributed by atoms with van der Waals surface area (Å²) in [5.74, 6) is -0.338. The summed E-state index contributed by atoms with van der Waals surface area (Å²) in [5.41, 5.74) is 5.40. The Kier molecular flexibility index (Phi) is 6.28. The van der Waals surface area contributed by atoms with Crippen LogP contribution in [0, 0.1) is 11.8 Å². The molecule has 0 saturated heterocycles. The molecule has 1 rings (SSSR count). The number of primary amides is 1. The van der Waals surface area contributed by atoms with Crippen LogP contribution in [0.15, 0.2) is 0 Å². The molecular weight excluding hydrogens is 244 g/mol. The van der Waals surface area contributed by atoms with Gasteiger partial charge in [-0.1, -0.05) is 20.3 Å². The Bertz CT molecular complexity index is 318. The van der Waals surface area contributed by atoms with E-state index in [-0.39, 0.29) is 35.8 Å². The fraction of sp³-hybridized carbons (Fsp3) is 0.857. The maximum Gasteiger partial charge on any atom is 0.308 e.